The fraction of sp³-hybridized carbons (Fsp3) is 0.409. The third-order valence-corrected chi connectivity index (χ3v) is 5.36. The summed E-state index contributed by atoms with van der Waals surface area (Å²) in [6, 6.07) is 11.3. The van der Waals surface area contributed by atoms with Crippen LogP contribution in [0.5, 0.6) is 0 Å². The van der Waals surface area contributed by atoms with Gasteiger partial charge in [-0.25, -0.2) is 4.79 Å². The molecule has 0 unspecified atom stereocenters. The van der Waals surface area contributed by atoms with E-state index in [1.54, 1.807) is 33.9 Å². The number of nitrogens with zero attached hydrogens (tertiary/aromatic N) is 3. The second kappa shape index (κ2) is 8.00. The molecule has 28 heavy (non-hydrogen) atoms. The molecule has 1 aliphatic heterocycles. The summed E-state index contributed by atoms with van der Waals surface area (Å²) < 4.78 is 6.62. The Kier molecular flexibility index (Phi) is 5.28. The van der Waals surface area contributed by atoms with Crippen LogP contribution in [-0.2, 0) is 4.74 Å². The molecule has 2 fully saturated rings. The van der Waals surface area contributed by atoms with E-state index in [-0.39, 0.29) is 18.0 Å². The van der Waals surface area contributed by atoms with E-state index in [9.17, 15) is 9.59 Å². The zero-order valence-electron chi connectivity index (χ0n) is 16.1. The summed E-state index contributed by atoms with van der Waals surface area (Å²) in [6.45, 7) is 2.87. The maximum Gasteiger partial charge on any atom is 0.414 e. The van der Waals surface area contributed by atoms with E-state index in [1.807, 2.05) is 25.1 Å². The van der Waals surface area contributed by atoms with E-state index in [0.717, 1.165) is 18.4 Å². The van der Waals surface area contributed by atoms with Crippen molar-refractivity contribution in [2.45, 2.75) is 45.1 Å². The average molecular weight is 379 g/mol. The number of aromatic nitrogens is 1. The third-order valence-electron chi connectivity index (χ3n) is 5.36. The van der Waals surface area contributed by atoms with Gasteiger partial charge >= 0.3 is 6.09 Å². The number of anilines is 1. The number of amides is 1. The van der Waals surface area contributed by atoms with Crippen molar-refractivity contribution in [1.29, 1.82) is 0 Å². The van der Waals surface area contributed by atoms with Gasteiger partial charge in [0.2, 0.25) is 0 Å². The Hall–Kier alpha value is -2.89. The second-order valence-corrected chi connectivity index (χ2v) is 7.47. The summed E-state index contributed by atoms with van der Waals surface area (Å²) in [6.07, 6.45) is 7.23. The minimum atomic E-state index is -0.374. The number of hydrogen-bond acceptors (Lipinski definition) is 4. The van der Waals surface area contributed by atoms with Crippen LogP contribution in [0.4, 0.5) is 10.5 Å². The molecule has 6 nitrogen and oxygen atoms in total. The van der Waals surface area contributed by atoms with Gasteiger partial charge < -0.3 is 4.74 Å². The lowest BCUT2D eigenvalue weighted by atomic mass is 9.96. The van der Waals surface area contributed by atoms with Crippen molar-refractivity contribution in [1.82, 2.24) is 4.57 Å². The molecule has 2 aliphatic rings. The topological polar surface area (TPSA) is 63.9 Å². The number of ether oxygens (including phenoxy) is 1. The zero-order valence-corrected chi connectivity index (χ0v) is 16.1. The minimum Gasteiger partial charge on any atom is -0.447 e. The Bertz CT molecular complexity index is 957. The molecular formula is C22H25N3O3. The smallest absolute Gasteiger partial charge is 0.414 e. The van der Waals surface area contributed by atoms with Crippen LogP contribution in [-0.4, -0.2) is 35.8 Å². The predicted molar refractivity (Wildman–Crippen MR) is 106 cm³/mol. The molecule has 1 amide bonds. The van der Waals surface area contributed by atoms with Gasteiger partial charge in [0.25, 0.3) is 5.91 Å². The van der Waals surface area contributed by atoms with Crippen molar-refractivity contribution in [3.8, 4) is 0 Å². The number of pyridine rings is 1. The first-order chi connectivity index (χ1) is 13.6. The molecule has 1 aromatic carbocycles. The molecule has 0 bridgehead atoms. The van der Waals surface area contributed by atoms with Crippen LogP contribution in [0.1, 0.15) is 48.0 Å². The minimum absolute atomic E-state index is 0.149. The van der Waals surface area contributed by atoms with Crippen molar-refractivity contribution < 1.29 is 14.3 Å². The van der Waals surface area contributed by atoms with Gasteiger partial charge in [-0.3, -0.25) is 19.3 Å². The van der Waals surface area contributed by atoms with Crippen molar-refractivity contribution in [3.63, 3.8) is 0 Å². The SMILES string of the molecule is Cc1ccn(C(=O)c2cccc(N3CCOC3=O)c2)c(=NC2CCCCC2)c1. The summed E-state index contributed by atoms with van der Waals surface area (Å²) in [5.74, 6) is -0.149. The van der Waals surface area contributed by atoms with Crippen LogP contribution in [0, 0.1) is 6.92 Å². The lowest BCUT2D eigenvalue weighted by Crippen LogP contribution is -2.30. The Morgan fingerprint density at radius 3 is 2.71 bits per heavy atom. The number of carbonyl (C=O) groups is 2. The molecule has 2 heterocycles. The zero-order chi connectivity index (χ0) is 19.5. The number of rotatable bonds is 3. The van der Waals surface area contributed by atoms with Crippen molar-refractivity contribution >= 4 is 17.7 Å². The first-order valence-corrected chi connectivity index (χ1v) is 9.94. The molecule has 1 saturated heterocycles. The molecule has 0 atom stereocenters. The monoisotopic (exact) mass is 379 g/mol. The van der Waals surface area contributed by atoms with Gasteiger partial charge in [-0.05, 0) is 55.7 Å². The fourth-order valence-corrected chi connectivity index (χ4v) is 3.83. The summed E-state index contributed by atoms with van der Waals surface area (Å²) in [5.41, 5.74) is 2.97. The first-order valence-electron chi connectivity index (χ1n) is 9.94. The van der Waals surface area contributed by atoms with Crippen LogP contribution >= 0.6 is 0 Å². The molecule has 1 aliphatic carbocycles. The van der Waals surface area contributed by atoms with Gasteiger partial charge in [0.15, 0.2) is 0 Å². The number of benzene rings is 1. The van der Waals surface area contributed by atoms with Crippen LogP contribution < -0.4 is 10.4 Å². The van der Waals surface area contributed by atoms with Crippen molar-refractivity contribution in [2.75, 3.05) is 18.1 Å². The van der Waals surface area contributed by atoms with Crippen molar-refractivity contribution in [2.24, 2.45) is 4.99 Å². The second-order valence-electron chi connectivity index (χ2n) is 7.47. The van der Waals surface area contributed by atoms with E-state index in [1.165, 1.54) is 19.3 Å². The molecular weight excluding hydrogens is 354 g/mol. The van der Waals surface area contributed by atoms with Gasteiger partial charge in [-0.1, -0.05) is 25.3 Å². The fourth-order valence-electron chi connectivity index (χ4n) is 3.83. The van der Waals surface area contributed by atoms with E-state index < -0.39 is 0 Å². The molecule has 146 valence electrons. The number of carbonyl (C=O) groups excluding carboxylic acids is 2. The van der Waals surface area contributed by atoms with E-state index in [2.05, 4.69) is 0 Å². The third kappa shape index (κ3) is 3.86. The highest BCUT2D eigenvalue weighted by molar-refractivity contribution is 5.98. The van der Waals surface area contributed by atoms with E-state index >= 15 is 0 Å². The summed E-state index contributed by atoms with van der Waals surface area (Å²) >= 11 is 0. The lowest BCUT2D eigenvalue weighted by Gasteiger charge is -2.18. The number of aryl methyl sites for hydroxylation is 1. The molecule has 6 heteroatoms. The van der Waals surface area contributed by atoms with Gasteiger partial charge in [0, 0.05) is 17.4 Å². The maximum atomic E-state index is 13.2. The van der Waals surface area contributed by atoms with Gasteiger partial charge in [0.05, 0.1) is 12.6 Å². The highest BCUT2D eigenvalue weighted by atomic mass is 16.6. The van der Waals surface area contributed by atoms with Gasteiger partial charge in [0.1, 0.15) is 12.1 Å². The van der Waals surface area contributed by atoms with Crippen LogP contribution in [0.2, 0.25) is 0 Å². The average Bonchev–Trinajstić information content (AvgIpc) is 3.14. The summed E-state index contributed by atoms with van der Waals surface area (Å²) in [7, 11) is 0. The van der Waals surface area contributed by atoms with Crippen LogP contribution in [0.15, 0.2) is 47.6 Å². The van der Waals surface area contributed by atoms with E-state index in [0.29, 0.717) is 29.9 Å². The summed E-state index contributed by atoms with van der Waals surface area (Å²) in [5, 5.41) is 0. The Balaban J connectivity index is 1.68. The number of hydrogen-bond donors (Lipinski definition) is 0. The molecule has 4 rings (SSSR count). The lowest BCUT2D eigenvalue weighted by molar-refractivity contribution is 0.0954. The largest absolute Gasteiger partial charge is 0.447 e. The van der Waals surface area contributed by atoms with Crippen LogP contribution in [0.3, 0.4) is 0 Å². The van der Waals surface area contributed by atoms with Crippen molar-refractivity contribution in [3.05, 3.63) is 59.2 Å². The summed E-state index contributed by atoms with van der Waals surface area (Å²) in [4.78, 5) is 31.5. The van der Waals surface area contributed by atoms with Crippen LogP contribution in [0.25, 0.3) is 0 Å². The number of cyclic esters (lactones) is 1. The Morgan fingerprint density at radius 2 is 1.96 bits per heavy atom. The molecule has 0 N–H and O–H groups in total. The van der Waals surface area contributed by atoms with E-state index in [4.69, 9.17) is 9.73 Å². The van der Waals surface area contributed by atoms with Gasteiger partial charge in [-0.2, -0.15) is 0 Å². The standard InChI is InChI=1S/C22H25N3O3/c1-16-10-11-25(20(14-16)23-18-7-3-2-4-8-18)21(26)17-6-5-9-19(15-17)24-12-13-28-22(24)27/h5-6,9-11,14-15,18H,2-4,7-8,12-13H2,1H3. The Morgan fingerprint density at radius 1 is 1.14 bits per heavy atom. The first kappa shape index (κ1) is 18.5. The normalized spacial score (nSPS) is 18.4. The Labute approximate surface area is 164 Å². The highest BCUT2D eigenvalue weighted by Gasteiger charge is 2.24. The molecule has 1 saturated carbocycles. The molecule has 2 aromatic rings. The molecule has 1 aromatic heterocycles. The predicted octanol–water partition coefficient (Wildman–Crippen LogP) is 3.68. The quantitative estimate of drug-likeness (QED) is 0.817. The molecule has 0 radical (unpaired) electrons. The maximum absolute atomic E-state index is 13.2. The highest BCUT2D eigenvalue weighted by Crippen LogP contribution is 2.21. The van der Waals surface area contributed by atoms with Gasteiger partial charge in [-0.15, -0.1) is 0 Å². The molecule has 0 spiro atoms.